The van der Waals surface area contributed by atoms with E-state index < -0.39 is 0 Å². The minimum absolute atomic E-state index is 0.469. The summed E-state index contributed by atoms with van der Waals surface area (Å²) in [6.45, 7) is 10.8. The van der Waals surface area contributed by atoms with Gasteiger partial charge in [-0.2, -0.15) is 0 Å². The van der Waals surface area contributed by atoms with Gasteiger partial charge in [-0.1, -0.05) is 24.3 Å². The molecule has 0 aromatic heterocycles. The predicted molar refractivity (Wildman–Crippen MR) is 49.3 cm³/mol. The number of hydrogen-bond donors (Lipinski definition) is 0. The zero-order valence-electron chi connectivity index (χ0n) is 7.66. The summed E-state index contributed by atoms with van der Waals surface area (Å²) in [4.78, 5) is 10.4. The standard InChI is InChI=1S/C9H17NO2/c1-4-7-10(11-8-5-2)12-9-6-3/h5-6H,2-4,7-9H2,1H3. The molecule has 0 saturated carbocycles. The maximum atomic E-state index is 5.18. The molecular weight excluding hydrogens is 154 g/mol. The van der Waals surface area contributed by atoms with Crippen LogP contribution in [0.4, 0.5) is 0 Å². The van der Waals surface area contributed by atoms with E-state index in [-0.39, 0.29) is 0 Å². The van der Waals surface area contributed by atoms with Crippen molar-refractivity contribution in [3.8, 4) is 0 Å². The lowest BCUT2D eigenvalue weighted by Gasteiger charge is -2.18. The fourth-order valence-electron chi connectivity index (χ4n) is 0.621. The van der Waals surface area contributed by atoms with Crippen LogP contribution in [0.15, 0.2) is 25.3 Å². The molecule has 3 nitrogen and oxygen atoms in total. The van der Waals surface area contributed by atoms with Crippen LogP contribution in [-0.4, -0.2) is 25.0 Å². The Hall–Kier alpha value is -0.640. The molecule has 0 bridgehead atoms. The molecule has 0 aromatic carbocycles. The Kier molecular flexibility index (Phi) is 8.01. The van der Waals surface area contributed by atoms with Crippen LogP contribution in [-0.2, 0) is 9.68 Å². The minimum Gasteiger partial charge on any atom is -0.270 e. The van der Waals surface area contributed by atoms with Gasteiger partial charge < -0.3 is 0 Å². The maximum Gasteiger partial charge on any atom is 0.0890 e. The minimum atomic E-state index is 0.469. The first-order chi connectivity index (χ1) is 5.85. The van der Waals surface area contributed by atoms with E-state index in [0.717, 1.165) is 13.0 Å². The smallest absolute Gasteiger partial charge is 0.0890 e. The maximum absolute atomic E-state index is 5.18. The summed E-state index contributed by atoms with van der Waals surface area (Å²) in [5, 5.41) is 1.46. The third-order valence-electron chi connectivity index (χ3n) is 1.08. The van der Waals surface area contributed by atoms with E-state index in [4.69, 9.17) is 9.68 Å². The summed E-state index contributed by atoms with van der Waals surface area (Å²) >= 11 is 0. The molecule has 0 amide bonds. The third kappa shape index (κ3) is 6.09. The van der Waals surface area contributed by atoms with Gasteiger partial charge in [0.2, 0.25) is 0 Å². The number of rotatable bonds is 8. The van der Waals surface area contributed by atoms with Crippen LogP contribution in [0.3, 0.4) is 0 Å². The van der Waals surface area contributed by atoms with Crippen LogP contribution in [0.5, 0.6) is 0 Å². The molecular formula is C9H17NO2. The van der Waals surface area contributed by atoms with Crippen molar-refractivity contribution in [1.82, 2.24) is 5.23 Å². The van der Waals surface area contributed by atoms with E-state index in [1.54, 1.807) is 12.2 Å². The van der Waals surface area contributed by atoms with Gasteiger partial charge in [0.25, 0.3) is 0 Å². The molecule has 0 aliphatic heterocycles. The van der Waals surface area contributed by atoms with E-state index in [2.05, 4.69) is 20.1 Å². The second kappa shape index (κ2) is 8.46. The summed E-state index contributed by atoms with van der Waals surface area (Å²) in [6, 6.07) is 0. The molecule has 0 unspecified atom stereocenters. The lowest BCUT2D eigenvalue weighted by atomic mass is 10.5. The molecule has 12 heavy (non-hydrogen) atoms. The van der Waals surface area contributed by atoms with Crippen molar-refractivity contribution in [2.24, 2.45) is 0 Å². The average molecular weight is 171 g/mol. The topological polar surface area (TPSA) is 21.7 Å². The summed E-state index contributed by atoms with van der Waals surface area (Å²) in [7, 11) is 0. The SMILES string of the molecule is C=CCON(CCC)OCC=C. The van der Waals surface area contributed by atoms with Gasteiger partial charge >= 0.3 is 0 Å². The highest BCUT2D eigenvalue weighted by molar-refractivity contribution is 4.64. The Morgan fingerprint density at radius 3 is 2.00 bits per heavy atom. The normalized spacial score (nSPS) is 10.2. The molecule has 0 radical (unpaired) electrons. The Balaban J connectivity index is 3.52. The number of hydroxylamine groups is 2. The van der Waals surface area contributed by atoms with Crippen molar-refractivity contribution in [1.29, 1.82) is 0 Å². The molecule has 0 atom stereocenters. The predicted octanol–water partition coefficient (Wildman–Crippen LogP) is 1.93. The van der Waals surface area contributed by atoms with Gasteiger partial charge in [0.15, 0.2) is 0 Å². The van der Waals surface area contributed by atoms with Crippen LogP contribution in [0.25, 0.3) is 0 Å². The van der Waals surface area contributed by atoms with Crippen LogP contribution in [0, 0.1) is 0 Å². The van der Waals surface area contributed by atoms with E-state index in [0.29, 0.717) is 13.2 Å². The molecule has 0 aromatic rings. The summed E-state index contributed by atoms with van der Waals surface area (Å²) in [6.07, 6.45) is 4.34. The first-order valence-electron chi connectivity index (χ1n) is 4.10. The highest BCUT2D eigenvalue weighted by Gasteiger charge is 2.01. The molecule has 0 N–H and O–H groups in total. The molecule has 0 saturated heterocycles. The van der Waals surface area contributed by atoms with Crippen molar-refractivity contribution >= 4 is 0 Å². The van der Waals surface area contributed by atoms with Gasteiger partial charge in [0.05, 0.1) is 19.8 Å². The lowest BCUT2D eigenvalue weighted by Crippen LogP contribution is -2.25. The zero-order valence-corrected chi connectivity index (χ0v) is 7.66. The molecule has 3 heteroatoms. The van der Waals surface area contributed by atoms with Crippen LogP contribution in [0.2, 0.25) is 0 Å². The van der Waals surface area contributed by atoms with Gasteiger partial charge in [-0.15, -0.1) is 13.2 Å². The van der Waals surface area contributed by atoms with Gasteiger partial charge in [0.1, 0.15) is 0 Å². The Morgan fingerprint density at radius 2 is 1.67 bits per heavy atom. The fraction of sp³-hybridized carbons (Fsp3) is 0.556. The average Bonchev–Trinajstić information content (AvgIpc) is 2.10. The zero-order chi connectivity index (χ0) is 9.23. The van der Waals surface area contributed by atoms with Crippen LogP contribution < -0.4 is 0 Å². The summed E-state index contributed by atoms with van der Waals surface area (Å²) < 4.78 is 0. The summed E-state index contributed by atoms with van der Waals surface area (Å²) in [5.41, 5.74) is 0. The van der Waals surface area contributed by atoms with Crippen LogP contribution >= 0.6 is 0 Å². The van der Waals surface area contributed by atoms with Crippen molar-refractivity contribution in [2.45, 2.75) is 13.3 Å². The third-order valence-corrected chi connectivity index (χ3v) is 1.08. The van der Waals surface area contributed by atoms with Crippen molar-refractivity contribution in [3.05, 3.63) is 25.3 Å². The molecule has 0 aliphatic carbocycles. The van der Waals surface area contributed by atoms with Crippen molar-refractivity contribution in [2.75, 3.05) is 19.8 Å². The molecule has 0 rings (SSSR count). The second-order valence-electron chi connectivity index (χ2n) is 2.23. The van der Waals surface area contributed by atoms with E-state index in [1.807, 2.05) is 0 Å². The first kappa shape index (κ1) is 11.4. The van der Waals surface area contributed by atoms with Crippen LogP contribution in [0.1, 0.15) is 13.3 Å². The van der Waals surface area contributed by atoms with Gasteiger partial charge in [-0.25, -0.2) is 0 Å². The van der Waals surface area contributed by atoms with Gasteiger partial charge in [0, 0.05) is 0 Å². The number of hydrogen-bond acceptors (Lipinski definition) is 3. The Labute approximate surface area is 74.2 Å². The quantitative estimate of drug-likeness (QED) is 0.411. The first-order valence-corrected chi connectivity index (χ1v) is 4.10. The second-order valence-corrected chi connectivity index (χ2v) is 2.23. The van der Waals surface area contributed by atoms with Crippen molar-refractivity contribution in [3.63, 3.8) is 0 Å². The fourth-order valence-corrected chi connectivity index (χ4v) is 0.621. The Bertz CT molecular complexity index is 114. The largest absolute Gasteiger partial charge is 0.270 e. The molecule has 0 aliphatic rings. The van der Waals surface area contributed by atoms with E-state index in [1.165, 1.54) is 5.23 Å². The molecule has 70 valence electrons. The van der Waals surface area contributed by atoms with E-state index in [9.17, 15) is 0 Å². The van der Waals surface area contributed by atoms with E-state index >= 15 is 0 Å². The highest BCUT2D eigenvalue weighted by Crippen LogP contribution is 1.94. The van der Waals surface area contributed by atoms with Crippen molar-refractivity contribution < 1.29 is 9.68 Å². The molecule has 0 fully saturated rings. The highest BCUT2D eigenvalue weighted by atomic mass is 16.9. The summed E-state index contributed by atoms with van der Waals surface area (Å²) in [5.74, 6) is 0. The Morgan fingerprint density at radius 1 is 1.17 bits per heavy atom. The number of nitrogens with zero attached hydrogens (tertiary/aromatic N) is 1. The van der Waals surface area contributed by atoms with Gasteiger partial charge in [-0.05, 0) is 6.42 Å². The van der Waals surface area contributed by atoms with Gasteiger partial charge in [-0.3, -0.25) is 9.68 Å². The molecule has 0 heterocycles. The molecule has 0 spiro atoms. The lowest BCUT2D eigenvalue weighted by molar-refractivity contribution is -0.358. The monoisotopic (exact) mass is 171 g/mol.